The average Bonchev–Trinajstić information content (AvgIpc) is 2.70. The Morgan fingerprint density at radius 2 is 1.14 bits per heavy atom. The minimum atomic E-state index is -0.0871. The lowest BCUT2D eigenvalue weighted by molar-refractivity contribution is 0.108. The number of aliphatic hydroxyl groups excluding tert-OH is 1. The molecule has 0 aromatic carbocycles. The van der Waals surface area contributed by atoms with Gasteiger partial charge < -0.3 is 9.84 Å². The molecule has 170 valence electrons. The summed E-state index contributed by atoms with van der Waals surface area (Å²) in [5, 5.41) is 10.5. The highest BCUT2D eigenvalue weighted by molar-refractivity contribution is 4.68. The first kappa shape index (κ1) is 27.9. The monoisotopic (exact) mass is 398 g/mol. The van der Waals surface area contributed by atoms with Gasteiger partial charge in [0.05, 0.1) is 12.2 Å². The Morgan fingerprint density at radius 1 is 0.607 bits per heavy atom. The zero-order valence-electron chi connectivity index (χ0n) is 20.3. The molecule has 0 aliphatic heterocycles. The highest BCUT2D eigenvalue weighted by Gasteiger charge is 2.16. The number of hydrogen-bond donors (Lipinski definition) is 1. The van der Waals surface area contributed by atoms with Gasteiger partial charge in [0.1, 0.15) is 0 Å². The van der Waals surface area contributed by atoms with E-state index in [2.05, 4.69) is 34.6 Å². The number of ether oxygens (including phenoxy) is 1. The summed E-state index contributed by atoms with van der Waals surface area (Å²) in [6.45, 7) is 11.5. The van der Waals surface area contributed by atoms with Gasteiger partial charge in [-0.2, -0.15) is 0 Å². The molecule has 1 N–H and O–H groups in total. The average molecular weight is 399 g/mol. The van der Waals surface area contributed by atoms with Crippen molar-refractivity contribution in [3.05, 3.63) is 0 Å². The SMILES string of the molecule is CCCCC(CCCC)CCC(O)CCC(C)C(C)CCCCCC(C)OC. The molecule has 0 saturated heterocycles. The van der Waals surface area contributed by atoms with Crippen LogP contribution in [0.25, 0.3) is 0 Å². The summed E-state index contributed by atoms with van der Waals surface area (Å²) in [4.78, 5) is 0. The van der Waals surface area contributed by atoms with E-state index in [-0.39, 0.29) is 6.10 Å². The molecule has 0 heterocycles. The molecule has 0 amide bonds. The van der Waals surface area contributed by atoms with Gasteiger partial charge in [-0.3, -0.25) is 0 Å². The summed E-state index contributed by atoms with van der Waals surface area (Å²) in [7, 11) is 1.80. The maximum Gasteiger partial charge on any atom is 0.0543 e. The van der Waals surface area contributed by atoms with Crippen LogP contribution < -0.4 is 0 Å². The fraction of sp³-hybridized carbons (Fsp3) is 1.00. The third-order valence-corrected chi connectivity index (χ3v) is 6.94. The summed E-state index contributed by atoms with van der Waals surface area (Å²) in [6, 6.07) is 0. The Labute approximate surface area is 178 Å². The summed E-state index contributed by atoms with van der Waals surface area (Å²) in [5.74, 6) is 2.34. The smallest absolute Gasteiger partial charge is 0.0543 e. The van der Waals surface area contributed by atoms with E-state index in [1.54, 1.807) is 7.11 Å². The van der Waals surface area contributed by atoms with Gasteiger partial charge in [0.2, 0.25) is 0 Å². The Kier molecular flexibility index (Phi) is 18.9. The summed E-state index contributed by atoms with van der Waals surface area (Å²) >= 11 is 0. The van der Waals surface area contributed by atoms with Crippen LogP contribution in [-0.2, 0) is 4.74 Å². The lowest BCUT2D eigenvalue weighted by Crippen LogP contribution is -2.15. The van der Waals surface area contributed by atoms with E-state index in [0.29, 0.717) is 6.10 Å². The molecular formula is C26H54O2. The second-order valence-corrected chi connectivity index (χ2v) is 9.60. The van der Waals surface area contributed by atoms with Crippen LogP contribution in [0.15, 0.2) is 0 Å². The largest absolute Gasteiger partial charge is 0.393 e. The summed E-state index contributed by atoms with van der Waals surface area (Å²) in [5.41, 5.74) is 0. The lowest BCUT2D eigenvalue weighted by Gasteiger charge is -2.22. The third-order valence-electron chi connectivity index (χ3n) is 6.94. The number of unbranched alkanes of at least 4 members (excludes halogenated alkanes) is 4. The van der Waals surface area contributed by atoms with E-state index >= 15 is 0 Å². The predicted octanol–water partition coefficient (Wildman–Crippen LogP) is 8.16. The molecule has 0 rings (SSSR count). The second kappa shape index (κ2) is 18.9. The van der Waals surface area contributed by atoms with E-state index in [9.17, 15) is 5.11 Å². The van der Waals surface area contributed by atoms with Crippen molar-refractivity contribution in [1.82, 2.24) is 0 Å². The zero-order chi connectivity index (χ0) is 21.2. The molecule has 0 bridgehead atoms. The highest BCUT2D eigenvalue weighted by atomic mass is 16.5. The molecule has 2 nitrogen and oxygen atoms in total. The Balaban J connectivity index is 3.90. The topological polar surface area (TPSA) is 29.5 Å². The van der Waals surface area contributed by atoms with Crippen LogP contribution in [0.1, 0.15) is 131 Å². The quantitative estimate of drug-likeness (QED) is 0.210. The van der Waals surface area contributed by atoms with Gasteiger partial charge in [-0.15, -0.1) is 0 Å². The minimum Gasteiger partial charge on any atom is -0.393 e. The van der Waals surface area contributed by atoms with Crippen molar-refractivity contribution >= 4 is 0 Å². The molecule has 0 aliphatic carbocycles. The molecule has 2 heteroatoms. The maximum atomic E-state index is 10.5. The number of methoxy groups -OCH3 is 1. The fourth-order valence-corrected chi connectivity index (χ4v) is 4.21. The van der Waals surface area contributed by atoms with Crippen LogP contribution in [0, 0.1) is 17.8 Å². The molecule has 0 saturated carbocycles. The molecule has 4 atom stereocenters. The van der Waals surface area contributed by atoms with Gasteiger partial charge in [-0.25, -0.2) is 0 Å². The van der Waals surface area contributed by atoms with E-state index in [1.807, 2.05) is 0 Å². The maximum absolute atomic E-state index is 10.5. The molecule has 0 aliphatic rings. The van der Waals surface area contributed by atoms with E-state index < -0.39 is 0 Å². The first-order chi connectivity index (χ1) is 13.4. The van der Waals surface area contributed by atoms with Gasteiger partial charge in [0.25, 0.3) is 0 Å². The fourth-order valence-electron chi connectivity index (χ4n) is 4.21. The molecule has 0 fully saturated rings. The van der Waals surface area contributed by atoms with E-state index in [4.69, 9.17) is 4.74 Å². The highest BCUT2D eigenvalue weighted by Crippen LogP contribution is 2.26. The van der Waals surface area contributed by atoms with Crippen molar-refractivity contribution in [3.63, 3.8) is 0 Å². The minimum absolute atomic E-state index is 0.0871. The first-order valence-corrected chi connectivity index (χ1v) is 12.6. The standard InChI is InChI=1S/C26H54O2/c1-7-9-16-25(17-10-8-2)19-21-26(27)20-18-23(4)22(3)14-12-11-13-15-24(5)28-6/h22-27H,7-21H2,1-6H3. The molecule has 0 aromatic heterocycles. The van der Waals surface area contributed by atoms with Crippen molar-refractivity contribution < 1.29 is 9.84 Å². The lowest BCUT2D eigenvalue weighted by atomic mass is 9.85. The van der Waals surface area contributed by atoms with Crippen molar-refractivity contribution in [2.45, 2.75) is 143 Å². The van der Waals surface area contributed by atoms with Crippen molar-refractivity contribution in [2.75, 3.05) is 7.11 Å². The van der Waals surface area contributed by atoms with Crippen molar-refractivity contribution in [1.29, 1.82) is 0 Å². The van der Waals surface area contributed by atoms with Gasteiger partial charge in [0.15, 0.2) is 0 Å². The van der Waals surface area contributed by atoms with Crippen LogP contribution >= 0.6 is 0 Å². The van der Waals surface area contributed by atoms with Crippen molar-refractivity contribution in [2.24, 2.45) is 17.8 Å². The first-order valence-electron chi connectivity index (χ1n) is 12.6. The van der Waals surface area contributed by atoms with Crippen LogP contribution in [0.5, 0.6) is 0 Å². The van der Waals surface area contributed by atoms with E-state index in [1.165, 1.54) is 83.5 Å². The van der Waals surface area contributed by atoms with Gasteiger partial charge in [-0.05, 0) is 56.8 Å². The van der Waals surface area contributed by atoms with Crippen molar-refractivity contribution in [3.8, 4) is 0 Å². The predicted molar refractivity (Wildman–Crippen MR) is 125 cm³/mol. The third kappa shape index (κ3) is 15.8. The normalized spacial score (nSPS) is 16.3. The second-order valence-electron chi connectivity index (χ2n) is 9.60. The summed E-state index contributed by atoms with van der Waals surface area (Å²) < 4.78 is 5.32. The van der Waals surface area contributed by atoms with Crippen LogP contribution in [0.4, 0.5) is 0 Å². The number of hydrogen-bond acceptors (Lipinski definition) is 2. The molecule has 28 heavy (non-hydrogen) atoms. The molecule has 0 aromatic rings. The van der Waals surface area contributed by atoms with Crippen LogP contribution in [0.3, 0.4) is 0 Å². The van der Waals surface area contributed by atoms with Gasteiger partial charge in [0, 0.05) is 7.11 Å². The summed E-state index contributed by atoms with van der Waals surface area (Å²) in [6.07, 6.45) is 19.2. The van der Waals surface area contributed by atoms with Crippen LogP contribution in [0.2, 0.25) is 0 Å². The molecular weight excluding hydrogens is 344 g/mol. The van der Waals surface area contributed by atoms with E-state index in [0.717, 1.165) is 30.6 Å². The van der Waals surface area contributed by atoms with Gasteiger partial charge in [-0.1, -0.05) is 91.9 Å². The van der Waals surface area contributed by atoms with Gasteiger partial charge >= 0.3 is 0 Å². The zero-order valence-corrected chi connectivity index (χ0v) is 20.3. The number of rotatable bonds is 20. The number of aliphatic hydroxyl groups is 1. The Morgan fingerprint density at radius 3 is 1.71 bits per heavy atom. The Bertz CT molecular complexity index is 310. The van der Waals surface area contributed by atoms with Crippen LogP contribution in [-0.4, -0.2) is 24.4 Å². The molecule has 4 unspecified atom stereocenters. The molecule has 0 radical (unpaired) electrons. The molecule has 0 spiro atoms. The Hall–Kier alpha value is -0.0800.